The minimum Gasteiger partial charge on any atom is -0.384 e. The van der Waals surface area contributed by atoms with Gasteiger partial charge in [0.05, 0.1) is 6.54 Å². The Morgan fingerprint density at radius 3 is 3.12 bits per heavy atom. The predicted octanol–water partition coefficient (Wildman–Crippen LogP) is 0.908. The standard InChI is InChI=1S/C17H27N5O2/c1-21(11-16-19-7-4-15(18)20-16)14-5-8-22(10-14)17(23)3-2-13-6-9-24-12-13/h4,7,13-14H,2-3,5-6,8-12H2,1H3,(H2,18,19,20). The van der Waals surface area contributed by atoms with E-state index in [0.717, 1.165) is 51.4 Å². The third kappa shape index (κ3) is 4.42. The molecule has 0 spiro atoms. The Hall–Kier alpha value is -1.73. The molecule has 2 atom stereocenters. The average Bonchev–Trinajstić information content (AvgIpc) is 3.24. The van der Waals surface area contributed by atoms with Gasteiger partial charge < -0.3 is 15.4 Å². The second-order valence-corrected chi connectivity index (χ2v) is 6.86. The second-order valence-electron chi connectivity index (χ2n) is 6.86. The van der Waals surface area contributed by atoms with Gasteiger partial charge in [-0.15, -0.1) is 0 Å². The molecule has 2 unspecified atom stereocenters. The molecule has 1 aromatic rings. The van der Waals surface area contributed by atoms with E-state index in [1.165, 1.54) is 0 Å². The number of rotatable bonds is 6. The largest absolute Gasteiger partial charge is 0.384 e. The van der Waals surface area contributed by atoms with Crippen LogP contribution in [0.5, 0.6) is 0 Å². The van der Waals surface area contributed by atoms with Crippen molar-refractivity contribution in [2.75, 3.05) is 39.1 Å². The van der Waals surface area contributed by atoms with Crippen LogP contribution in [0.3, 0.4) is 0 Å². The monoisotopic (exact) mass is 333 g/mol. The van der Waals surface area contributed by atoms with Crippen molar-refractivity contribution in [1.82, 2.24) is 19.8 Å². The van der Waals surface area contributed by atoms with Gasteiger partial charge in [0.1, 0.15) is 11.6 Å². The molecule has 132 valence electrons. The Morgan fingerprint density at radius 2 is 2.38 bits per heavy atom. The lowest BCUT2D eigenvalue weighted by molar-refractivity contribution is -0.130. The number of aromatic nitrogens is 2. The van der Waals surface area contributed by atoms with Crippen LogP contribution in [0.4, 0.5) is 5.82 Å². The molecule has 1 aromatic heterocycles. The van der Waals surface area contributed by atoms with Gasteiger partial charge in [-0.05, 0) is 38.3 Å². The van der Waals surface area contributed by atoms with E-state index < -0.39 is 0 Å². The summed E-state index contributed by atoms with van der Waals surface area (Å²) in [6.45, 7) is 3.95. The summed E-state index contributed by atoms with van der Waals surface area (Å²) in [5, 5.41) is 0. The van der Waals surface area contributed by atoms with E-state index in [1.807, 2.05) is 4.90 Å². The van der Waals surface area contributed by atoms with Crippen LogP contribution >= 0.6 is 0 Å². The maximum atomic E-state index is 12.4. The number of nitrogens with zero attached hydrogens (tertiary/aromatic N) is 4. The number of carbonyl (C=O) groups is 1. The van der Waals surface area contributed by atoms with Gasteiger partial charge in [0.25, 0.3) is 0 Å². The van der Waals surface area contributed by atoms with Crippen LogP contribution in [0.1, 0.15) is 31.5 Å². The lowest BCUT2D eigenvalue weighted by atomic mass is 10.0. The molecule has 0 radical (unpaired) electrons. The van der Waals surface area contributed by atoms with E-state index >= 15 is 0 Å². The summed E-state index contributed by atoms with van der Waals surface area (Å²) < 4.78 is 5.38. The molecule has 2 N–H and O–H groups in total. The fourth-order valence-corrected chi connectivity index (χ4v) is 3.47. The summed E-state index contributed by atoms with van der Waals surface area (Å²) in [7, 11) is 2.06. The first-order valence-electron chi connectivity index (χ1n) is 8.75. The Bertz CT molecular complexity index is 562. The smallest absolute Gasteiger partial charge is 0.222 e. The van der Waals surface area contributed by atoms with Gasteiger partial charge in [0.2, 0.25) is 5.91 Å². The molecule has 2 fully saturated rings. The Kier molecular flexibility index (Phi) is 5.63. The number of nitrogen functional groups attached to an aromatic ring is 1. The number of carbonyl (C=O) groups excluding carboxylic acids is 1. The SMILES string of the molecule is CN(Cc1nccc(N)n1)C1CCN(C(=O)CCC2CCOC2)C1. The summed E-state index contributed by atoms with van der Waals surface area (Å²) in [6.07, 6.45) is 5.37. The van der Waals surface area contributed by atoms with E-state index in [2.05, 4.69) is 21.9 Å². The fraction of sp³-hybridized carbons (Fsp3) is 0.706. The third-order valence-corrected chi connectivity index (χ3v) is 5.05. The first kappa shape index (κ1) is 17.1. The van der Waals surface area contributed by atoms with Gasteiger partial charge in [-0.3, -0.25) is 9.69 Å². The minimum atomic E-state index is 0.276. The number of likely N-dealkylation sites (N-methyl/N-ethyl adjacent to an activating group) is 1. The number of ether oxygens (including phenoxy) is 1. The molecule has 0 aromatic carbocycles. The maximum Gasteiger partial charge on any atom is 0.222 e. The first-order valence-corrected chi connectivity index (χ1v) is 8.75. The fourth-order valence-electron chi connectivity index (χ4n) is 3.47. The molecule has 3 heterocycles. The molecule has 7 nitrogen and oxygen atoms in total. The molecule has 2 aliphatic heterocycles. The second kappa shape index (κ2) is 7.90. The zero-order valence-electron chi connectivity index (χ0n) is 14.4. The number of anilines is 1. The van der Waals surface area contributed by atoms with Crippen molar-refractivity contribution in [2.24, 2.45) is 5.92 Å². The van der Waals surface area contributed by atoms with Crippen molar-refractivity contribution in [1.29, 1.82) is 0 Å². The van der Waals surface area contributed by atoms with Crippen molar-refractivity contribution < 1.29 is 9.53 Å². The van der Waals surface area contributed by atoms with E-state index in [-0.39, 0.29) is 5.91 Å². The number of likely N-dealkylation sites (tertiary alicyclic amines) is 1. The quantitative estimate of drug-likeness (QED) is 0.833. The lowest BCUT2D eigenvalue weighted by Crippen LogP contribution is -2.36. The van der Waals surface area contributed by atoms with Crippen molar-refractivity contribution in [3.05, 3.63) is 18.1 Å². The topological polar surface area (TPSA) is 84.6 Å². The summed E-state index contributed by atoms with van der Waals surface area (Å²) in [5.41, 5.74) is 5.70. The van der Waals surface area contributed by atoms with Crippen molar-refractivity contribution in [3.63, 3.8) is 0 Å². The number of amides is 1. The summed E-state index contributed by atoms with van der Waals surface area (Å²) in [4.78, 5) is 25.1. The molecule has 2 aliphatic rings. The van der Waals surface area contributed by atoms with Crippen LogP contribution in [-0.2, 0) is 16.1 Å². The normalized spacial score (nSPS) is 24.0. The molecular weight excluding hydrogens is 306 g/mol. The highest BCUT2D eigenvalue weighted by Crippen LogP contribution is 2.21. The van der Waals surface area contributed by atoms with Crippen LogP contribution in [0, 0.1) is 5.92 Å². The van der Waals surface area contributed by atoms with E-state index in [0.29, 0.717) is 30.7 Å². The third-order valence-electron chi connectivity index (χ3n) is 5.05. The Morgan fingerprint density at radius 1 is 1.50 bits per heavy atom. The Balaban J connectivity index is 1.44. The van der Waals surface area contributed by atoms with Crippen molar-refractivity contribution in [3.8, 4) is 0 Å². The Labute approximate surface area is 143 Å². The average molecular weight is 333 g/mol. The van der Waals surface area contributed by atoms with Crippen LogP contribution in [0.15, 0.2) is 12.3 Å². The molecule has 24 heavy (non-hydrogen) atoms. The zero-order valence-corrected chi connectivity index (χ0v) is 14.4. The van der Waals surface area contributed by atoms with Crippen LogP contribution in [0.2, 0.25) is 0 Å². The van der Waals surface area contributed by atoms with E-state index in [1.54, 1.807) is 12.3 Å². The molecular formula is C17H27N5O2. The lowest BCUT2D eigenvalue weighted by Gasteiger charge is -2.24. The highest BCUT2D eigenvalue weighted by molar-refractivity contribution is 5.76. The van der Waals surface area contributed by atoms with Crippen LogP contribution in [-0.4, -0.2) is 65.1 Å². The summed E-state index contributed by atoms with van der Waals surface area (Å²) in [6, 6.07) is 2.04. The van der Waals surface area contributed by atoms with Crippen molar-refractivity contribution >= 4 is 11.7 Å². The number of nitrogens with two attached hydrogens (primary N) is 1. The van der Waals surface area contributed by atoms with E-state index in [4.69, 9.17) is 10.5 Å². The molecule has 0 aliphatic carbocycles. The number of hydrogen-bond acceptors (Lipinski definition) is 6. The van der Waals surface area contributed by atoms with Crippen LogP contribution in [0.25, 0.3) is 0 Å². The van der Waals surface area contributed by atoms with Crippen molar-refractivity contribution in [2.45, 2.75) is 38.3 Å². The first-order chi connectivity index (χ1) is 11.6. The molecule has 7 heteroatoms. The van der Waals surface area contributed by atoms with E-state index in [9.17, 15) is 4.79 Å². The van der Waals surface area contributed by atoms with Gasteiger partial charge in [-0.1, -0.05) is 0 Å². The number of hydrogen-bond donors (Lipinski definition) is 1. The molecule has 0 saturated carbocycles. The van der Waals surface area contributed by atoms with Gasteiger partial charge in [-0.2, -0.15) is 0 Å². The highest BCUT2D eigenvalue weighted by atomic mass is 16.5. The zero-order chi connectivity index (χ0) is 16.9. The van der Waals surface area contributed by atoms with Gasteiger partial charge >= 0.3 is 0 Å². The van der Waals surface area contributed by atoms with Gasteiger partial charge in [-0.25, -0.2) is 9.97 Å². The maximum absolute atomic E-state index is 12.4. The molecule has 0 bridgehead atoms. The molecule has 1 amide bonds. The minimum absolute atomic E-state index is 0.276. The van der Waals surface area contributed by atoms with Gasteiger partial charge in [0, 0.05) is 45.0 Å². The molecule has 3 rings (SSSR count). The van der Waals surface area contributed by atoms with Crippen LogP contribution < -0.4 is 5.73 Å². The molecule has 2 saturated heterocycles. The predicted molar refractivity (Wildman–Crippen MR) is 91.1 cm³/mol. The summed E-state index contributed by atoms with van der Waals surface area (Å²) in [5.74, 6) is 2.06. The summed E-state index contributed by atoms with van der Waals surface area (Å²) >= 11 is 0. The highest BCUT2D eigenvalue weighted by Gasteiger charge is 2.29. The van der Waals surface area contributed by atoms with Gasteiger partial charge in [0.15, 0.2) is 0 Å².